The fourth-order valence-corrected chi connectivity index (χ4v) is 2.31. The fraction of sp³-hybridized carbons (Fsp3) is 0.533. The number of morpholine rings is 1. The molecule has 108 valence electrons. The van der Waals surface area contributed by atoms with Gasteiger partial charge in [-0.1, -0.05) is 6.07 Å². The molecule has 1 aliphatic heterocycles. The zero-order chi connectivity index (χ0) is 14.4. The molecule has 1 heterocycles. The summed E-state index contributed by atoms with van der Waals surface area (Å²) in [4.78, 5) is 2.28. The standard InChI is InChI=1S/C15H21N3O2/c1-18-5-6-20-14(11-18)10-17-9-12-3-4-13(8-16)15(7-12)19-2/h3-4,7,14,17H,5-6,9-11H2,1-2H3. The van der Waals surface area contributed by atoms with Crippen LogP contribution >= 0.6 is 0 Å². The summed E-state index contributed by atoms with van der Waals surface area (Å²) in [5.74, 6) is 0.625. The number of rotatable bonds is 5. The highest BCUT2D eigenvalue weighted by molar-refractivity contribution is 5.45. The zero-order valence-corrected chi connectivity index (χ0v) is 12.1. The first-order valence-corrected chi connectivity index (χ1v) is 6.81. The molecule has 1 saturated heterocycles. The van der Waals surface area contributed by atoms with Crippen LogP contribution in [0.3, 0.4) is 0 Å². The third-order valence-corrected chi connectivity index (χ3v) is 3.43. The molecule has 5 nitrogen and oxygen atoms in total. The van der Waals surface area contributed by atoms with Crippen LogP contribution in [0.2, 0.25) is 0 Å². The monoisotopic (exact) mass is 275 g/mol. The van der Waals surface area contributed by atoms with Gasteiger partial charge in [-0.2, -0.15) is 5.26 Å². The van der Waals surface area contributed by atoms with Crippen LogP contribution in [-0.4, -0.2) is 51.4 Å². The lowest BCUT2D eigenvalue weighted by Gasteiger charge is -2.30. The number of hydrogen-bond acceptors (Lipinski definition) is 5. The van der Waals surface area contributed by atoms with Crippen LogP contribution in [0.25, 0.3) is 0 Å². The van der Waals surface area contributed by atoms with Crippen molar-refractivity contribution in [2.75, 3.05) is 40.4 Å². The average Bonchev–Trinajstić information content (AvgIpc) is 2.47. The van der Waals surface area contributed by atoms with Crippen molar-refractivity contribution in [2.45, 2.75) is 12.6 Å². The molecule has 2 rings (SSSR count). The van der Waals surface area contributed by atoms with Crippen molar-refractivity contribution in [3.05, 3.63) is 29.3 Å². The second-order valence-electron chi connectivity index (χ2n) is 5.03. The van der Waals surface area contributed by atoms with Crippen LogP contribution in [-0.2, 0) is 11.3 Å². The minimum Gasteiger partial charge on any atom is -0.495 e. The maximum absolute atomic E-state index is 8.94. The molecule has 20 heavy (non-hydrogen) atoms. The molecule has 0 bridgehead atoms. The van der Waals surface area contributed by atoms with Gasteiger partial charge in [-0.3, -0.25) is 0 Å². The predicted octanol–water partition coefficient (Wildman–Crippen LogP) is 0.987. The summed E-state index contributed by atoms with van der Waals surface area (Å²) >= 11 is 0. The molecule has 5 heteroatoms. The molecule has 0 saturated carbocycles. The lowest BCUT2D eigenvalue weighted by atomic mass is 10.1. The van der Waals surface area contributed by atoms with Crippen molar-refractivity contribution in [1.29, 1.82) is 5.26 Å². The van der Waals surface area contributed by atoms with E-state index >= 15 is 0 Å². The highest BCUT2D eigenvalue weighted by Crippen LogP contribution is 2.19. The van der Waals surface area contributed by atoms with Gasteiger partial charge in [0.2, 0.25) is 0 Å². The van der Waals surface area contributed by atoms with Crippen molar-refractivity contribution in [2.24, 2.45) is 0 Å². The van der Waals surface area contributed by atoms with Gasteiger partial charge < -0.3 is 19.7 Å². The minimum absolute atomic E-state index is 0.244. The smallest absolute Gasteiger partial charge is 0.136 e. The third kappa shape index (κ3) is 3.94. The van der Waals surface area contributed by atoms with E-state index in [1.807, 2.05) is 12.1 Å². The first-order valence-electron chi connectivity index (χ1n) is 6.81. The van der Waals surface area contributed by atoms with Gasteiger partial charge in [0.05, 0.1) is 25.4 Å². The Labute approximate surface area is 120 Å². The van der Waals surface area contributed by atoms with E-state index < -0.39 is 0 Å². The molecular formula is C15H21N3O2. The SMILES string of the molecule is COc1cc(CNCC2CN(C)CCO2)ccc1C#N. The molecule has 0 radical (unpaired) electrons. The summed E-state index contributed by atoms with van der Waals surface area (Å²) in [6.45, 7) is 4.33. The number of methoxy groups -OCH3 is 1. The first-order chi connectivity index (χ1) is 9.72. The summed E-state index contributed by atoms with van der Waals surface area (Å²) in [6.07, 6.45) is 0.244. The quantitative estimate of drug-likeness (QED) is 0.868. The Bertz CT molecular complexity index is 484. The van der Waals surface area contributed by atoms with Crippen molar-refractivity contribution >= 4 is 0 Å². The molecule has 1 atom stereocenters. The van der Waals surface area contributed by atoms with Crippen LogP contribution in [0.4, 0.5) is 0 Å². The molecule has 0 aliphatic carbocycles. The molecule has 1 unspecified atom stereocenters. The van der Waals surface area contributed by atoms with Crippen molar-refractivity contribution < 1.29 is 9.47 Å². The zero-order valence-electron chi connectivity index (χ0n) is 12.1. The Balaban J connectivity index is 1.83. The molecule has 0 aromatic heterocycles. The van der Waals surface area contributed by atoms with E-state index in [0.717, 1.165) is 38.3 Å². The molecule has 1 aliphatic rings. The van der Waals surface area contributed by atoms with Gasteiger partial charge in [0.25, 0.3) is 0 Å². The third-order valence-electron chi connectivity index (χ3n) is 3.43. The van der Waals surface area contributed by atoms with Gasteiger partial charge in [-0.05, 0) is 24.7 Å². The molecule has 1 aromatic carbocycles. The Morgan fingerprint density at radius 1 is 1.55 bits per heavy atom. The first kappa shape index (κ1) is 14.8. The Morgan fingerprint density at radius 2 is 2.40 bits per heavy atom. The minimum atomic E-state index is 0.244. The maximum atomic E-state index is 8.94. The van der Waals surface area contributed by atoms with Crippen molar-refractivity contribution in [1.82, 2.24) is 10.2 Å². The van der Waals surface area contributed by atoms with E-state index in [4.69, 9.17) is 14.7 Å². The van der Waals surface area contributed by atoms with Crippen LogP contribution < -0.4 is 10.1 Å². The van der Waals surface area contributed by atoms with Crippen molar-refractivity contribution in [3.63, 3.8) is 0 Å². The maximum Gasteiger partial charge on any atom is 0.136 e. The molecular weight excluding hydrogens is 254 g/mol. The number of nitrogens with one attached hydrogen (secondary N) is 1. The normalized spacial score (nSPS) is 19.6. The number of benzene rings is 1. The summed E-state index contributed by atoms with van der Waals surface area (Å²) in [5.41, 5.74) is 1.67. The Hall–Kier alpha value is -1.61. The Morgan fingerprint density at radius 3 is 3.10 bits per heavy atom. The van der Waals surface area contributed by atoms with Gasteiger partial charge >= 0.3 is 0 Å². The number of likely N-dealkylation sites (N-methyl/N-ethyl adjacent to an activating group) is 1. The van der Waals surface area contributed by atoms with E-state index in [1.165, 1.54) is 0 Å². The van der Waals surface area contributed by atoms with E-state index in [9.17, 15) is 0 Å². The highest BCUT2D eigenvalue weighted by Gasteiger charge is 2.16. The summed E-state index contributed by atoms with van der Waals surface area (Å²) < 4.78 is 10.9. The van der Waals surface area contributed by atoms with E-state index in [-0.39, 0.29) is 6.10 Å². The number of nitriles is 1. The second-order valence-corrected chi connectivity index (χ2v) is 5.03. The van der Waals surface area contributed by atoms with Gasteiger partial charge in [-0.15, -0.1) is 0 Å². The van der Waals surface area contributed by atoms with Crippen LogP contribution in [0.15, 0.2) is 18.2 Å². The van der Waals surface area contributed by atoms with E-state index in [2.05, 4.69) is 23.3 Å². The van der Waals surface area contributed by atoms with Crippen LogP contribution in [0, 0.1) is 11.3 Å². The van der Waals surface area contributed by atoms with E-state index in [1.54, 1.807) is 13.2 Å². The topological polar surface area (TPSA) is 57.5 Å². The summed E-state index contributed by atoms with van der Waals surface area (Å²) in [6, 6.07) is 7.76. The second kappa shape index (κ2) is 7.25. The summed E-state index contributed by atoms with van der Waals surface area (Å²) in [7, 11) is 3.69. The fourth-order valence-electron chi connectivity index (χ4n) is 2.31. The van der Waals surface area contributed by atoms with Gasteiger partial charge in [-0.25, -0.2) is 0 Å². The van der Waals surface area contributed by atoms with E-state index in [0.29, 0.717) is 11.3 Å². The molecule has 1 fully saturated rings. The average molecular weight is 275 g/mol. The molecule has 0 spiro atoms. The lowest BCUT2D eigenvalue weighted by Crippen LogP contribution is -2.44. The number of nitrogens with zero attached hydrogens (tertiary/aromatic N) is 2. The predicted molar refractivity (Wildman–Crippen MR) is 76.7 cm³/mol. The molecule has 1 N–H and O–H groups in total. The Kier molecular flexibility index (Phi) is 5.36. The van der Waals surface area contributed by atoms with Crippen LogP contribution in [0.5, 0.6) is 5.75 Å². The number of ether oxygens (including phenoxy) is 2. The lowest BCUT2D eigenvalue weighted by molar-refractivity contribution is -0.0182. The van der Waals surface area contributed by atoms with Gasteiger partial charge in [0.15, 0.2) is 0 Å². The van der Waals surface area contributed by atoms with Gasteiger partial charge in [0.1, 0.15) is 11.8 Å². The number of hydrogen-bond donors (Lipinski definition) is 1. The largest absolute Gasteiger partial charge is 0.495 e. The summed E-state index contributed by atoms with van der Waals surface area (Å²) in [5, 5.41) is 12.3. The molecule has 0 amide bonds. The molecule has 1 aromatic rings. The van der Waals surface area contributed by atoms with Crippen molar-refractivity contribution in [3.8, 4) is 11.8 Å². The highest BCUT2D eigenvalue weighted by atomic mass is 16.5. The van der Waals surface area contributed by atoms with Gasteiger partial charge in [0, 0.05) is 26.2 Å². The van der Waals surface area contributed by atoms with Crippen LogP contribution in [0.1, 0.15) is 11.1 Å².